The van der Waals surface area contributed by atoms with Crippen LogP contribution in [0.3, 0.4) is 0 Å². The molecule has 0 saturated heterocycles. The van der Waals surface area contributed by atoms with Crippen molar-refractivity contribution in [1.82, 2.24) is 0 Å². The summed E-state index contributed by atoms with van der Waals surface area (Å²) < 4.78 is 13.2. The van der Waals surface area contributed by atoms with Crippen LogP contribution in [0, 0.1) is 5.82 Å². The number of fused-ring (bicyclic) bond motifs is 1. The Morgan fingerprint density at radius 1 is 1.32 bits per heavy atom. The van der Waals surface area contributed by atoms with Gasteiger partial charge in [0.2, 0.25) is 0 Å². The van der Waals surface area contributed by atoms with Crippen molar-refractivity contribution >= 4 is 34.3 Å². The van der Waals surface area contributed by atoms with E-state index in [-0.39, 0.29) is 17.3 Å². The second kappa shape index (κ2) is 4.44. The zero-order valence-electron chi connectivity index (χ0n) is 9.64. The molecule has 1 N–H and O–H groups in total. The monoisotopic (exact) mass is 273 g/mol. The summed E-state index contributed by atoms with van der Waals surface area (Å²) >= 11 is 1.30. The third-order valence-corrected chi connectivity index (χ3v) is 3.69. The first-order chi connectivity index (χ1) is 9.15. The first kappa shape index (κ1) is 11.8. The molecular weight excluding hydrogens is 265 g/mol. The van der Waals surface area contributed by atoms with E-state index >= 15 is 0 Å². The summed E-state index contributed by atoms with van der Waals surface area (Å²) in [5, 5.41) is 4.39. The zero-order valence-corrected chi connectivity index (χ0v) is 10.5. The van der Waals surface area contributed by atoms with Crippen molar-refractivity contribution in [2.75, 3.05) is 5.32 Å². The largest absolute Gasteiger partial charge is 0.321 e. The minimum Gasteiger partial charge on any atom is -0.321 e. The lowest BCUT2D eigenvalue weighted by molar-refractivity contribution is -0.110. The Bertz CT molecular complexity index is 704. The van der Waals surface area contributed by atoms with Gasteiger partial charge < -0.3 is 5.32 Å². The smallest absolute Gasteiger partial charge is 0.256 e. The fourth-order valence-electron chi connectivity index (χ4n) is 1.92. The second-order valence-corrected chi connectivity index (χ2v) is 4.99. The molecule has 19 heavy (non-hydrogen) atoms. The first-order valence-electron chi connectivity index (χ1n) is 5.56. The maximum atomic E-state index is 13.2. The van der Waals surface area contributed by atoms with Crippen molar-refractivity contribution in [2.45, 2.75) is 0 Å². The first-order valence-corrected chi connectivity index (χ1v) is 6.44. The highest BCUT2D eigenvalue weighted by molar-refractivity contribution is 7.12. The van der Waals surface area contributed by atoms with E-state index in [1.807, 2.05) is 0 Å². The Hall–Kier alpha value is -2.27. The van der Waals surface area contributed by atoms with E-state index in [1.165, 1.54) is 35.6 Å². The maximum Gasteiger partial charge on any atom is 0.256 e. The third-order valence-electron chi connectivity index (χ3n) is 2.80. The molecule has 1 aliphatic heterocycles. The molecule has 3 nitrogen and oxygen atoms in total. The van der Waals surface area contributed by atoms with Crippen LogP contribution in [0.5, 0.6) is 0 Å². The molecule has 0 unspecified atom stereocenters. The highest BCUT2D eigenvalue weighted by Gasteiger charge is 2.25. The van der Waals surface area contributed by atoms with Gasteiger partial charge in [-0.05, 0) is 29.6 Å². The molecule has 0 spiro atoms. The molecule has 1 aromatic carbocycles. The number of hydrogen-bond acceptors (Lipinski definition) is 3. The van der Waals surface area contributed by atoms with Gasteiger partial charge in [0.15, 0.2) is 5.78 Å². The summed E-state index contributed by atoms with van der Waals surface area (Å²) in [6.45, 7) is 0. The molecule has 0 aliphatic carbocycles. The fourth-order valence-corrected chi connectivity index (χ4v) is 2.56. The SMILES string of the molecule is O=C1Nc2ccc(F)cc2/C1=C/C(=O)c1cccs1. The van der Waals surface area contributed by atoms with Gasteiger partial charge in [0.1, 0.15) is 5.82 Å². The van der Waals surface area contributed by atoms with Gasteiger partial charge in [-0.15, -0.1) is 11.3 Å². The molecule has 0 atom stereocenters. The minimum absolute atomic E-state index is 0.202. The van der Waals surface area contributed by atoms with Gasteiger partial charge in [0.05, 0.1) is 10.5 Å². The molecular formula is C14H8FNO2S. The average molecular weight is 273 g/mol. The lowest BCUT2D eigenvalue weighted by atomic mass is 10.1. The number of thiophene rings is 1. The Labute approximate surface area is 112 Å². The Morgan fingerprint density at radius 2 is 2.16 bits per heavy atom. The van der Waals surface area contributed by atoms with Crippen molar-refractivity contribution in [2.24, 2.45) is 0 Å². The van der Waals surface area contributed by atoms with E-state index in [0.29, 0.717) is 16.1 Å². The van der Waals surface area contributed by atoms with Crippen molar-refractivity contribution in [3.8, 4) is 0 Å². The number of carbonyl (C=O) groups is 2. The molecule has 0 radical (unpaired) electrons. The van der Waals surface area contributed by atoms with Gasteiger partial charge in [-0.25, -0.2) is 4.39 Å². The van der Waals surface area contributed by atoms with Gasteiger partial charge in [-0.1, -0.05) is 6.07 Å². The quantitative estimate of drug-likeness (QED) is 0.675. The lowest BCUT2D eigenvalue weighted by Gasteiger charge is -1.97. The second-order valence-electron chi connectivity index (χ2n) is 4.04. The minimum atomic E-state index is -0.440. The third kappa shape index (κ3) is 2.08. The number of ketones is 1. The highest BCUT2D eigenvalue weighted by atomic mass is 32.1. The van der Waals surface area contributed by atoms with Crippen LogP contribution < -0.4 is 5.32 Å². The number of benzene rings is 1. The molecule has 1 aliphatic rings. The number of hydrogen-bond donors (Lipinski definition) is 1. The van der Waals surface area contributed by atoms with Gasteiger partial charge in [-0.2, -0.15) is 0 Å². The van der Waals surface area contributed by atoms with Gasteiger partial charge >= 0.3 is 0 Å². The van der Waals surface area contributed by atoms with Gasteiger partial charge in [0, 0.05) is 17.3 Å². The van der Waals surface area contributed by atoms with Crippen LogP contribution in [-0.4, -0.2) is 11.7 Å². The predicted molar refractivity (Wildman–Crippen MR) is 71.7 cm³/mol. The van der Waals surface area contributed by atoms with Crippen LogP contribution in [-0.2, 0) is 4.79 Å². The van der Waals surface area contributed by atoms with Crippen LogP contribution in [0.15, 0.2) is 41.8 Å². The Balaban J connectivity index is 2.04. The molecule has 0 fully saturated rings. The normalized spacial score (nSPS) is 15.4. The Kier molecular flexibility index (Phi) is 2.76. The van der Waals surface area contributed by atoms with E-state index in [0.717, 1.165) is 0 Å². The summed E-state index contributed by atoms with van der Waals surface area (Å²) in [7, 11) is 0. The number of anilines is 1. The molecule has 1 aromatic heterocycles. The van der Waals surface area contributed by atoms with Crippen LogP contribution in [0.4, 0.5) is 10.1 Å². The summed E-state index contributed by atoms with van der Waals surface area (Å²) in [6, 6.07) is 7.45. The number of allylic oxidation sites excluding steroid dienone is 1. The molecule has 5 heteroatoms. The van der Waals surface area contributed by atoms with Gasteiger partial charge in [0.25, 0.3) is 5.91 Å². The predicted octanol–water partition coefficient (Wildman–Crippen LogP) is 3.11. The maximum absolute atomic E-state index is 13.2. The van der Waals surface area contributed by atoms with Crippen LogP contribution in [0.1, 0.15) is 15.2 Å². The summed E-state index contributed by atoms with van der Waals surface area (Å²) in [6.07, 6.45) is 1.26. The summed E-state index contributed by atoms with van der Waals surface area (Å²) in [4.78, 5) is 24.3. The summed E-state index contributed by atoms with van der Waals surface area (Å²) in [5.41, 5.74) is 1.15. The standard InChI is InChI=1S/C14H8FNO2S/c15-8-3-4-11-9(6-8)10(14(18)16-11)7-12(17)13-2-1-5-19-13/h1-7H,(H,16,18)/b10-7-. The molecule has 0 saturated carbocycles. The van der Waals surface area contributed by atoms with E-state index in [2.05, 4.69) is 5.32 Å². The molecule has 2 aromatic rings. The Morgan fingerprint density at radius 3 is 2.89 bits per heavy atom. The van der Waals surface area contributed by atoms with E-state index in [1.54, 1.807) is 17.5 Å². The molecule has 0 bridgehead atoms. The van der Waals surface area contributed by atoms with Crippen LogP contribution >= 0.6 is 11.3 Å². The number of carbonyl (C=O) groups excluding carboxylic acids is 2. The van der Waals surface area contributed by atoms with Crippen molar-refractivity contribution < 1.29 is 14.0 Å². The molecule has 94 valence electrons. The van der Waals surface area contributed by atoms with Gasteiger partial charge in [-0.3, -0.25) is 9.59 Å². The van der Waals surface area contributed by atoms with E-state index in [9.17, 15) is 14.0 Å². The zero-order chi connectivity index (χ0) is 13.4. The molecule has 2 heterocycles. The van der Waals surface area contributed by atoms with E-state index in [4.69, 9.17) is 0 Å². The van der Waals surface area contributed by atoms with Crippen LogP contribution in [0.25, 0.3) is 5.57 Å². The number of halogens is 1. The van der Waals surface area contributed by atoms with E-state index < -0.39 is 5.82 Å². The average Bonchev–Trinajstić information content (AvgIpc) is 2.99. The van der Waals surface area contributed by atoms with Crippen molar-refractivity contribution in [3.05, 3.63) is 58.0 Å². The van der Waals surface area contributed by atoms with Crippen molar-refractivity contribution in [3.63, 3.8) is 0 Å². The highest BCUT2D eigenvalue weighted by Crippen LogP contribution is 2.32. The number of nitrogens with one attached hydrogen (secondary N) is 1. The fraction of sp³-hybridized carbons (Fsp3) is 0. The molecule has 1 amide bonds. The number of amides is 1. The van der Waals surface area contributed by atoms with Crippen LogP contribution in [0.2, 0.25) is 0 Å². The van der Waals surface area contributed by atoms with Crippen molar-refractivity contribution in [1.29, 1.82) is 0 Å². The number of rotatable bonds is 2. The molecule has 3 rings (SSSR count). The lowest BCUT2D eigenvalue weighted by Crippen LogP contribution is -2.05. The summed E-state index contributed by atoms with van der Waals surface area (Å²) in [5.74, 6) is -1.08. The topological polar surface area (TPSA) is 46.2 Å².